The van der Waals surface area contributed by atoms with Gasteiger partial charge in [-0.05, 0) is 39.7 Å². The Balaban J connectivity index is 1.69. The summed E-state index contributed by atoms with van der Waals surface area (Å²) in [5.74, 6) is 0.359. The predicted octanol–water partition coefficient (Wildman–Crippen LogP) is 1.66. The number of amides is 1. The summed E-state index contributed by atoms with van der Waals surface area (Å²) in [6.45, 7) is 8.94. The van der Waals surface area contributed by atoms with Crippen LogP contribution in [-0.4, -0.2) is 52.2 Å². The quantitative estimate of drug-likeness (QED) is 0.850. The standard InChI is InChI=1S/C16H26N4O/c1-4-20-13(2)14(10-17-20)11-19-9-7-16(12-19)6-5-8-18(3)15(16)21/h10H,4-9,11-12H2,1-3H3. The van der Waals surface area contributed by atoms with Gasteiger partial charge in [0.1, 0.15) is 0 Å². The Morgan fingerprint density at radius 1 is 1.33 bits per heavy atom. The van der Waals surface area contributed by atoms with Gasteiger partial charge in [-0.3, -0.25) is 14.4 Å². The number of hydrogen-bond donors (Lipinski definition) is 0. The van der Waals surface area contributed by atoms with E-state index in [1.807, 2.05) is 22.8 Å². The van der Waals surface area contributed by atoms with E-state index in [-0.39, 0.29) is 5.41 Å². The Bertz CT molecular complexity index is 538. The molecule has 1 aromatic rings. The van der Waals surface area contributed by atoms with Crippen molar-refractivity contribution < 1.29 is 4.79 Å². The minimum absolute atomic E-state index is 0.109. The predicted molar refractivity (Wildman–Crippen MR) is 81.8 cm³/mol. The molecule has 5 nitrogen and oxygen atoms in total. The minimum Gasteiger partial charge on any atom is -0.345 e. The summed E-state index contributed by atoms with van der Waals surface area (Å²) in [5.41, 5.74) is 2.44. The second-order valence-electron chi connectivity index (χ2n) is 6.64. The zero-order valence-electron chi connectivity index (χ0n) is 13.4. The van der Waals surface area contributed by atoms with E-state index in [0.29, 0.717) is 5.91 Å². The van der Waals surface area contributed by atoms with Crippen molar-refractivity contribution in [2.24, 2.45) is 5.41 Å². The highest BCUT2D eigenvalue weighted by atomic mass is 16.2. The fraction of sp³-hybridized carbons (Fsp3) is 0.750. The van der Waals surface area contributed by atoms with E-state index in [9.17, 15) is 4.79 Å². The molecule has 0 aromatic carbocycles. The third-order valence-electron chi connectivity index (χ3n) is 5.28. The van der Waals surface area contributed by atoms with Crippen LogP contribution in [0.4, 0.5) is 0 Å². The van der Waals surface area contributed by atoms with Crippen LogP contribution in [0.15, 0.2) is 6.20 Å². The zero-order valence-corrected chi connectivity index (χ0v) is 13.4. The number of piperidine rings is 1. The molecule has 0 bridgehead atoms. The molecule has 116 valence electrons. The molecule has 0 aliphatic carbocycles. The lowest BCUT2D eigenvalue weighted by Gasteiger charge is -2.37. The molecule has 1 atom stereocenters. The highest BCUT2D eigenvalue weighted by Crippen LogP contribution is 2.40. The van der Waals surface area contributed by atoms with Crippen LogP contribution in [0.1, 0.15) is 37.4 Å². The van der Waals surface area contributed by atoms with Crippen LogP contribution in [-0.2, 0) is 17.9 Å². The first-order chi connectivity index (χ1) is 10.1. The number of carbonyl (C=O) groups excluding carboxylic acids is 1. The molecule has 0 saturated carbocycles. The van der Waals surface area contributed by atoms with E-state index >= 15 is 0 Å². The Morgan fingerprint density at radius 3 is 2.86 bits per heavy atom. The Labute approximate surface area is 126 Å². The molecule has 1 spiro atoms. The van der Waals surface area contributed by atoms with Crippen LogP contribution < -0.4 is 0 Å². The van der Waals surface area contributed by atoms with E-state index in [4.69, 9.17) is 0 Å². The number of nitrogens with zero attached hydrogens (tertiary/aromatic N) is 4. The second kappa shape index (κ2) is 5.44. The van der Waals surface area contributed by atoms with Crippen LogP contribution in [0, 0.1) is 12.3 Å². The van der Waals surface area contributed by atoms with Crippen molar-refractivity contribution in [2.75, 3.05) is 26.7 Å². The van der Waals surface area contributed by atoms with Crippen LogP contribution in [0.3, 0.4) is 0 Å². The summed E-state index contributed by atoms with van der Waals surface area (Å²) in [6.07, 6.45) is 5.19. The fourth-order valence-electron chi connectivity index (χ4n) is 3.94. The van der Waals surface area contributed by atoms with E-state index < -0.39 is 0 Å². The van der Waals surface area contributed by atoms with Crippen LogP contribution >= 0.6 is 0 Å². The molecule has 2 aliphatic rings. The Kier molecular flexibility index (Phi) is 3.78. The van der Waals surface area contributed by atoms with Gasteiger partial charge in [0.2, 0.25) is 5.91 Å². The molecule has 3 rings (SSSR count). The van der Waals surface area contributed by atoms with Crippen molar-refractivity contribution in [3.05, 3.63) is 17.5 Å². The first kappa shape index (κ1) is 14.6. The van der Waals surface area contributed by atoms with E-state index in [1.54, 1.807) is 0 Å². The number of carbonyl (C=O) groups is 1. The number of rotatable bonds is 3. The van der Waals surface area contributed by atoms with Gasteiger partial charge in [-0.1, -0.05) is 0 Å². The maximum absolute atomic E-state index is 12.5. The molecule has 2 aliphatic heterocycles. The van der Waals surface area contributed by atoms with Gasteiger partial charge < -0.3 is 4.90 Å². The molecular formula is C16H26N4O. The first-order valence-corrected chi connectivity index (χ1v) is 8.05. The lowest BCUT2D eigenvalue weighted by Crippen LogP contribution is -2.48. The fourth-order valence-corrected chi connectivity index (χ4v) is 3.94. The zero-order chi connectivity index (χ0) is 15.0. The monoisotopic (exact) mass is 290 g/mol. The van der Waals surface area contributed by atoms with Gasteiger partial charge >= 0.3 is 0 Å². The lowest BCUT2D eigenvalue weighted by molar-refractivity contribution is -0.143. The molecule has 0 N–H and O–H groups in total. The summed E-state index contributed by atoms with van der Waals surface area (Å²) < 4.78 is 2.04. The van der Waals surface area contributed by atoms with Gasteiger partial charge in [0.25, 0.3) is 0 Å². The summed E-state index contributed by atoms with van der Waals surface area (Å²) in [7, 11) is 1.95. The summed E-state index contributed by atoms with van der Waals surface area (Å²) in [6, 6.07) is 0. The second-order valence-corrected chi connectivity index (χ2v) is 6.64. The molecule has 1 unspecified atom stereocenters. The number of aryl methyl sites for hydroxylation is 1. The average molecular weight is 290 g/mol. The normalized spacial score (nSPS) is 27.0. The van der Waals surface area contributed by atoms with Gasteiger partial charge in [0.05, 0.1) is 11.6 Å². The topological polar surface area (TPSA) is 41.4 Å². The molecular weight excluding hydrogens is 264 g/mol. The van der Waals surface area contributed by atoms with Gasteiger partial charge in [-0.25, -0.2) is 0 Å². The number of hydrogen-bond acceptors (Lipinski definition) is 3. The maximum atomic E-state index is 12.5. The molecule has 2 saturated heterocycles. The van der Waals surface area contributed by atoms with Crippen molar-refractivity contribution >= 4 is 5.91 Å². The van der Waals surface area contributed by atoms with Crippen molar-refractivity contribution in [2.45, 2.75) is 46.2 Å². The molecule has 1 amide bonds. The molecule has 0 radical (unpaired) electrons. The third kappa shape index (κ3) is 2.48. The summed E-state index contributed by atoms with van der Waals surface area (Å²) >= 11 is 0. The minimum atomic E-state index is -0.109. The molecule has 21 heavy (non-hydrogen) atoms. The average Bonchev–Trinajstić information content (AvgIpc) is 3.03. The van der Waals surface area contributed by atoms with Crippen molar-refractivity contribution in [1.29, 1.82) is 0 Å². The van der Waals surface area contributed by atoms with E-state index in [1.165, 1.54) is 11.3 Å². The van der Waals surface area contributed by atoms with Gasteiger partial charge in [0, 0.05) is 44.5 Å². The largest absolute Gasteiger partial charge is 0.345 e. The van der Waals surface area contributed by atoms with E-state index in [0.717, 1.165) is 52.0 Å². The van der Waals surface area contributed by atoms with E-state index in [2.05, 4.69) is 23.8 Å². The summed E-state index contributed by atoms with van der Waals surface area (Å²) in [4.78, 5) is 16.9. The SMILES string of the molecule is CCn1ncc(CN2CCC3(CCCN(C)C3=O)C2)c1C. The van der Waals surface area contributed by atoms with Crippen molar-refractivity contribution in [3.63, 3.8) is 0 Å². The van der Waals surface area contributed by atoms with Crippen molar-refractivity contribution in [1.82, 2.24) is 19.6 Å². The molecule has 5 heteroatoms. The Hall–Kier alpha value is -1.36. The van der Waals surface area contributed by atoms with Gasteiger partial charge in [0.15, 0.2) is 0 Å². The molecule has 3 heterocycles. The first-order valence-electron chi connectivity index (χ1n) is 8.05. The number of likely N-dealkylation sites (tertiary alicyclic amines) is 2. The van der Waals surface area contributed by atoms with Crippen LogP contribution in [0.25, 0.3) is 0 Å². The summed E-state index contributed by atoms with van der Waals surface area (Å²) in [5, 5.41) is 4.42. The van der Waals surface area contributed by atoms with Crippen molar-refractivity contribution in [3.8, 4) is 0 Å². The lowest BCUT2D eigenvalue weighted by atomic mass is 9.78. The number of aromatic nitrogens is 2. The van der Waals surface area contributed by atoms with Gasteiger partial charge in [-0.2, -0.15) is 5.10 Å². The van der Waals surface area contributed by atoms with Crippen LogP contribution in [0.5, 0.6) is 0 Å². The molecule has 1 aromatic heterocycles. The highest BCUT2D eigenvalue weighted by molar-refractivity contribution is 5.83. The Morgan fingerprint density at radius 2 is 2.14 bits per heavy atom. The van der Waals surface area contributed by atoms with Gasteiger partial charge in [-0.15, -0.1) is 0 Å². The van der Waals surface area contributed by atoms with Crippen LogP contribution in [0.2, 0.25) is 0 Å². The third-order valence-corrected chi connectivity index (χ3v) is 5.28. The maximum Gasteiger partial charge on any atom is 0.229 e. The molecule has 2 fully saturated rings. The smallest absolute Gasteiger partial charge is 0.229 e. The highest BCUT2D eigenvalue weighted by Gasteiger charge is 2.47.